The molecule has 2 aromatic rings. The van der Waals surface area contributed by atoms with E-state index >= 15 is 4.39 Å². The molecule has 4 atom stereocenters. The van der Waals surface area contributed by atoms with E-state index in [0.29, 0.717) is 34.4 Å². The van der Waals surface area contributed by atoms with Gasteiger partial charge in [0.2, 0.25) is 0 Å². The minimum atomic E-state index is -0.793. The molecule has 0 heterocycles. The number of allylic oxidation sites excluding steroid dienone is 5. The molecular formula is C38H47FN2O2. The number of rotatable bonds is 5. The fraction of sp³-hybridized carbons (Fsp3) is 0.447. The second kappa shape index (κ2) is 9.97. The van der Waals surface area contributed by atoms with Crippen molar-refractivity contribution in [2.75, 3.05) is 26.0 Å². The highest BCUT2D eigenvalue weighted by Gasteiger charge is 2.65. The molecular weight excluding hydrogens is 535 g/mol. The second-order valence-corrected chi connectivity index (χ2v) is 14.0. The minimum absolute atomic E-state index is 0.0376. The van der Waals surface area contributed by atoms with Gasteiger partial charge in [0.15, 0.2) is 5.78 Å². The first-order valence-electron chi connectivity index (χ1n) is 15.4. The number of hydrogen-bond acceptors (Lipinski definition) is 4. The van der Waals surface area contributed by atoms with Crippen LogP contribution in [-0.2, 0) is 11.2 Å². The average Bonchev–Trinajstić information content (AvgIpc) is 2.91. The molecule has 0 saturated carbocycles. The summed E-state index contributed by atoms with van der Waals surface area (Å²) in [6.45, 7) is 23.8. The lowest BCUT2D eigenvalue weighted by molar-refractivity contribution is -0.136. The molecule has 0 saturated heterocycles. The maximum atomic E-state index is 15.3. The fourth-order valence-electron chi connectivity index (χ4n) is 9.35. The molecule has 3 aliphatic carbocycles. The minimum Gasteiger partial charge on any atom is -0.507 e. The van der Waals surface area contributed by atoms with Crippen LogP contribution in [0.2, 0.25) is 0 Å². The highest BCUT2D eigenvalue weighted by molar-refractivity contribution is 6.08. The molecule has 5 heteroatoms. The molecule has 0 fully saturated rings. The van der Waals surface area contributed by atoms with Crippen molar-refractivity contribution in [3.05, 3.63) is 87.9 Å². The van der Waals surface area contributed by atoms with Crippen molar-refractivity contribution in [1.82, 2.24) is 5.32 Å². The van der Waals surface area contributed by atoms with E-state index in [1.54, 1.807) is 6.07 Å². The number of phenols is 1. The Balaban J connectivity index is 1.83. The number of likely N-dealkylation sites (N-methyl/N-ethyl adjacent to an activating group) is 1. The zero-order chi connectivity index (χ0) is 32.0. The molecule has 228 valence electrons. The molecule has 0 radical (unpaired) electrons. The summed E-state index contributed by atoms with van der Waals surface area (Å²) in [6.07, 6.45) is 2.39. The number of phenolic OH excluding ortho intramolecular Hbond substituents is 1. The maximum Gasteiger partial charge on any atom is 0.175 e. The van der Waals surface area contributed by atoms with Crippen molar-refractivity contribution in [1.29, 1.82) is 0 Å². The second-order valence-electron chi connectivity index (χ2n) is 14.0. The Morgan fingerprint density at radius 2 is 1.79 bits per heavy atom. The number of aromatic hydroxyl groups is 1. The number of aryl methyl sites for hydroxylation is 1. The normalized spacial score (nSPS) is 28.4. The number of ketones is 1. The summed E-state index contributed by atoms with van der Waals surface area (Å²) in [4.78, 5) is 16.7. The van der Waals surface area contributed by atoms with Crippen LogP contribution in [0.3, 0.4) is 0 Å². The maximum absolute atomic E-state index is 15.3. The van der Waals surface area contributed by atoms with Gasteiger partial charge < -0.3 is 15.3 Å². The fourth-order valence-corrected chi connectivity index (χ4v) is 9.35. The molecule has 0 aromatic heterocycles. The van der Waals surface area contributed by atoms with Gasteiger partial charge in [-0.3, -0.25) is 4.79 Å². The van der Waals surface area contributed by atoms with Crippen LogP contribution in [0.15, 0.2) is 65.4 Å². The molecule has 4 nitrogen and oxygen atoms in total. The molecule has 3 aliphatic rings. The number of halogens is 1. The molecule has 5 rings (SSSR count). The van der Waals surface area contributed by atoms with Crippen LogP contribution in [0.5, 0.6) is 5.75 Å². The van der Waals surface area contributed by atoms with Crippen molar-refractivity contribution in [2.24, 2.45) is 22.2 Å². The van der Waals surface area contributed by atoms with Crippen LogP contribution < -0.4 is 10.2 Å². The Bertz CT molecular complexity index is 1680. The summed E-state index contributed by atoms with van der Waals surface area (Å²) in [7, 11) is 5.79. The smallest absolute Gasteiger partial charge is 0.175 e. The Hall–Kier alpha value is -3.60. The van der Waals surface area contributed by atoms with Crippen LogP contribution >= 0.6 is 0 Å². The van der Waals surface area contributed by atoms with Crippen LogP contribution in [-0.4, -0.2) is 32.0 Å². The van der Waals surface area contributed by atoms with E-state index in [9.17, 15) is 9.90 Å². The summed E-state index contributed by atoms with van der Waals surface area (Å²) >= 11 is 0. The summed E-state index contributed by atoms with van der Waals surface area (Å²) in [5, 5.41) is 15.1. The number of carbonyl (C=O) groups excluding carboxylic acids is 1. The van der Waals surface area contributed by atoms with E-state index in [-0.39, 0.29) is 34.1 Å². The van der Waals surface area contributed by atoms with Crippen LogP contribution in [0, 0.1) is 34.9 Å². The van der Waals surface area contributed by atoms with E-state index in [4.69, 9.17) is 0 Å². The Morgan fingerprint density at radius 1 is 1.14 bits per heavy atom. The highest BCUT2D eigenvalue weighted by atomic mass is 19.1. The van der Waals surface area contributed by atoms with Gasteiger partial charge in [-0.1, -0.05) is 57.2 Å². The predicted molar refractivity (Wildman–Crippen MR) is 177 cm³/mol. The number of benzene rings is 2. The number of nitrogens with zero attached hydrogens (tertiary/aromatic N) is 1. The van der Waals surface area contributed by atoms with Crippen molar-refractivity contribution in [2.45, 2.75) is 67.7 Å². The zero-order valence-electron chi connectivity index (χ0n) is 27.6. The van der Waals surface area contributed by atoms with Gasteiger partial charge in [-0.15, -0.1) is 0 Å². The van der Waals surface area contributed by atoms with Gasteiger partial charge in [0.05, 0.1) is 5.41 Å². The standard InChI is InChI=1S/C38H47FN2O2/c1-13-28-21(3)31(24(6)40-10)35(43)38(9)23(5)33-22(4)32-27(18-36(33,7)19-37(28,38)8)30(41(11)12)17-26(34(32)42)25-15-14-20(2)16-29(25)39/h14-17,28,40,42H,4,6,13,18-19H2,1-3,5,7-12H3/t28-,36+,37+,38-/m1/s1. The van der Waals surface area contributed by atoms with E-state index in [1.807, 2.05) is 45.1 Å². The first-order valence-corrected chi connectivity index (χ1v) is 15.4. The quantitative estimate of drug-likeness (QED) is 0.371. The van der Waals surface area contributed by atoms with E-state index in [2.05, 4.69) is 60.0 Å². The van der Waals surface area contributed by atoms with Crippen LogP contribution in [0.1, 0.15) is 71.1 Å². The van der Waals surface area contributed by atoms with Gasteiger partial charge in [-0.2, -0.15) is 0 Å². The number of nitrogens with one attached hydrogen (secondary N) is 1. The lowest BCUT2D eigenvalue weighted by Crippen LogP contribution is -2.59. The topological polar surface area (TPSA) is 52.6 Å². The third-order valence-corrected chi connectivity index (χ3v) is 11.5. The largest absolute Gasteiger partial charge is 0.507 e. The van der Waals surface area contributed by atoms with Crippen molar-refractivity contribution in [3.8, 4) is 16.9 Å². The summed E-state index contributed by atoms with van der Waals surface area (Å²) < 4.78 is 15.3. The van der Waals surface area contributed by atoms with Gasteiger partial charge in [0.25, 0.3) is 0 Å². The summed E-state index contributed by atoms with van der Waals surface area (Å²) in [5.74, 6) is -0.0567. The lowest BCUT2D eigenvalue weighted by atomic mass is 9.39. The SMILES string of the molecule is C=C(NC)C1=C(C)[C@@H](CC)[C@]2(C)C[C@]3(C)Cc4c(N(C)C)cc(-c5ccc(C)cc5F)c(O)c4C(=C)C3=C(C)[C@]2(C)C1=O. The average molecular weight is 583 g/mol. The van der Waals surface area contributed by atoms with Gasteiger partial charge in [-0.05, 0) is 98.1 Å². The molecule has 0 amide bonds. The van der Waals surface area contributed by atoms with Gasteiger partial charge >= 0.3 is 0 Å². The van der Waals surface area contributed by atoms with Gasteiger partial charge in [-0.25, -0.2) is 4.39 Å². The molecule has 0 bridgehead atoms. The van der Waals surface area contributed by atoms with Crippen molar-refractivity contribution in [3.63, 3.8) is 0 Å². The first kappa shape index (κ1) is 30.8. The Morgan fingerprint density at radius 3 is 2.35 bits per heavy atom. The number of anilines is 1. The van der Waals surface area contributed by atoms with E-state index in [1.165, 1.54) is 6.07 Å². The van der Waals surface area contributed by atoms with E-state index in [0.717, 1.165) is 51.9 Å². The number of fused-ring (bicyclic) bond motifs is 3. The first-order chi connectivity index (χ1) is 20.0. The molecule has 0 spiro atoms. The number of Topliss-reactive ketones (excluding diaryl/α,β-unsaturated/α-hetero) is 1. The number of carbonyl (C=O) groups is 1. The Kier molecular flexibility index (Phi) is 7.15. The zero-order valence-corrected chi connectivity index (χ0v) is 27.6. The van der Waals surface area contributed by atoms with Gasteiger partial charge in [0, 0.05) is 54.8 Å². The van der Waals surface area contributed by atoms with Crippen molar-refractivity contribution < 1.29 is 14.3 Å². The van der Waals surface area contributed by atoms with Gasteiger partial charge in [0.1, 0.15) is 11.6 Å². The molecule has 0 unspecified atom stereocenters. The summed E-state index contributed by atoms with van der Waals surface area (Å²) in [5.41, 5.74) is 8.01. The monoisotopic (exact) mass is 582 g/mol. The number of hydrogen-bond donors (Lipinski definition) is 2. The predicted octanol–water partition coefficient (Wildman–Crippen LogP) is 8.54. The highest BCUT2D eigenvalue weighted by Crippen LogP contribution is 2.70. The molecule has 0 aliphatic heterocycles. The van der Waals surface area contributed by atoms with Crippen molar-refractivity contribution >= 4 is 17.0 Å². The molecule has 2 aromatic carbocycles. The Labute approximate surface area is 257 Å². The van der Waals surface area contributed by atoms with E-state index < -0.39 is 5.41 Å². The summed E-state index contributed by atoms with van der Waals surface area (Å²) in [6, 6.07) is 7.00. The van der Waals surface area contributed by atoms with Crippen LogP contribution in [0.4, 0.5) is 10.1 Å². The van der Waals surface area contributed by atoms with Crippen LogP contribution in [0.25, 0.3) is 16.7 Å². The third-order valence-electron chi connectivity index (χ3n) is 11.5. The third kappa shape index (κ3) is 3.96. The lowest BCUT2D eigenvalue weighted by Gasteiger charge is -2.63. The molecule has 43 heavy (non-hydrogen) atoms. The molecule has 2 N–H and O–H groups in total.